The number of fused-ring (bicyclic) bond motifs is 7. The maximum atomic E-state index is 6.38. The molecular formula is C28H21O5P. The van der Waals surface area contributed by atoms with E-state index in [9.17, 15) is 0 Å². The Balaban J connectivity index is 1.68. The third-order valence-electron chi connectivity index (χ3n) is 5.91. The van der Waals surface area contributed by atoms with E-state index in [0.29, 0.717) is 17.2 Å². The van der Waals surface area contributed by atoms with Gasteiger partial charge in [0.2, 0.25) is 0 Å². The van der Waals surface area contributed by atoms with Gasteiger partial charge < -0.3 is 22.4 Å². The molecule has 0 saturated carbocycles. The Labute approximate surface area is 196 Å². The van der Waals surface area contributed by atoms with Crippen molar-refractivity contribution < 1.29 is 22.4 Å². The van der Waals surface area contributed by atoms with Gasteiger partial charge in [-0.3, -0.25) is 0 Å². The lowest BCUT2D eigenvalue weighted by Gasteiger charge is -2.08. The van der Waals surface area contributed by atoms with Crippen molar-refractivity contribution in [2.24, 2.45) is 0 Å². The molecule has 0 radical (unpaired) electrons. The van der Waals surface area contributed by atoms with E-state index in [1.54, 1.807) is 26.4 Å². The second-order valence-corrected chi connectivity index (χ2v) is 8.83. The van der Waals surface area contributed by atoms with Crippen LogP contribution in [-0.4, -0.2) is 14.2 Å². The van der Waals surface area contributed by atoms with Crippen LogP contribution in [0, 0.1) is 0 Å². The van der Waals surface area contributed by atoms with Crippen LogP contribution in [0.15, 0.2) is 99.4 Å². The largest absolute Gasteiger partial charge is 0.493 e. The second-order valence-electron chi connectivity index (χ2n) is 7.83. The van der Waals surface area contributed by atoms with Crippen LogP contribution in [0.2, 0.25) is 0 Å². The molecule has 0 unspecified atom stereocenters. The molecule has 0 aliphatic heterocycles. The summed E-state index contributed by atoms with van der Waals surface area (Å²) in [7, 11) is 1.41. The number of rotatable bonds is 4. The van der Waals surface area contributed by atoms with Crippen LogP contribution in [-0.2, 0) is 0 Å². The normalized spacial score (nSPS) is 11.2. The topological polar surface area (TPSA) is 54.0 Å². The molecule has 0 fully saturated rings. The van der Waals surface area contributed by atoms with E-state index in [0.717, 1.165) is 43.5 Å². The molecule has 0 saturated heterocycles. The SMILES string of the molecule is COc1ccc(Op2oc3ccc4ccccc4c3c3c(ccc4ccccc43)o2)cc1OC. The minimum Gasteiger partial charge on any atom is -0.493 e. The van der Waals surface area contributed by atoms with Gasteiger partial charge >= 0.3 is 8.24 Å². The van der Waals surface area contributed by atoms with Crippen LogP contribution in [0.4, 0.5) is 0 Å². The van der Waals surface area contributed by atoms with Gasteiger partial charge in [0.1, 0.15) is 16.9 Å². The summed E-state index contributed by atoms with van der Waals surface area (Å²) < 4.78 is 29.7. The van der Waals surface area contributed by atoms with Crippen molar-refractivity contribution in [3.8, 4) is 17.2 Å². The fourth-order valence-corrected chi connectivity index (χ4v) is 5.37. The minimum atomic E-state index is -1.79. The maximum absolute atomic E-state index is 6.38. The first-order valence-corrected chi connectivity index (χ1v) is 11.9. The molecule has 6 heteroatoms. The summed E-state index contributed by atoms with van der Waals surface area (Å²) in [5.74, 6) is 1.76. The lowest BCUT2D eigenvalue weighted by atomic mass is 9.99. The predicted octanol–water partition coefficient (Wildman–Crippen LogP) is 8.46. The molecule has 6 rings (SSSR count). The van der Waals surface area contributed by atoms with Gasteiger partial charge in [-0.15, -0.1) is 0 Å². The highest BCUT2D eigenvalue weighted by Gasteiger charge is 2.14. The van der Waals surface area contributed by atoms with Crippen molar-refractivity contribution in [1.29, 1.82) is 0 Å². The fraction of sp³-hybridized carbons (Fsp3) is 0.0714. The lowest BCUT2D eigenvalue weighted by molar-refractivity contribution is 0.353. The van der Waals surface area contributed by atoms with Crippen LogP contribution in [0.25, 0.3) is 43.5 Å². The molecule has 5 aromatic carbocycles. The summed E-state index contributed by atoms with van der Waals surface area (Å²) in [6.07, 6.45) is 0. The van der Waals surface area contributed by atoms with Gasteiger partial charge in [0, 0.05) is 16.8 Å². The number of hydrogen-bond donors (Lipinski definition) is 0. The molecule has 1 aromatic heterocycles. The summed E-state index contributed by atoms with van der Waals surface area (Å²) >= 11 is 0. The fourth-order valence-electron chi connectivity index (χ4n) is 4.35. The first kappa shape index (κ1) is 20.5. The monoisotopic (exact) mass is 468 g/mol. The zero-order valence-corrected chi connectivity index (χ0v) is 19.5. The molecule has 0 amide bonds. The molecule has 0 aliphatic rings. The zero-order chi connectivity index (χ0) is 23.1. The molecule has 34 heavy (non-hydrogen) atoms. The Morgan fingerprint density at radius 2 is 1.15 bits per heavy atom. The van der Waals surface area contributed by atoms with Crippen LogP contribution in [0.1, 0.15) is 0 Å². The third-order valence-corrected chi connectivity index (χ3v) is 6.96. The van der Waals surface area contributed by atoms with E-state index in [-0.39, 0.29) is 0 Å². The van der Waals surface area contributed by atoms with Crippen LogP contribution in [0.3, 0.4) is 0 Å². The van der Waals surface area contributed by atoms with Gasteiger partial charge in [-0.05, 0) is 45.8 Å². The summed E-state index contributed by atoms with van der Waals surface area (Å²) in [6, 6.07) is 30.1. The average molecular weight is 468 g/mol. The van der Waals surface area contributed by atoms with Crippen LogP contribution < -0.4 is 14.0 Å². The predicted molar refractivity (Wildman–Crippen MR) is 137 cm³/mol. The highest BCUT2D eigenvalue weighted by atomic mass is 31.1. The van der Waals surface area contributed by atoms with Gasteiger partial charge in [0.25, 0.3) is 0 Å². The Kier molecular flexibility index (Phi) is 5.05. The van der Waals surface area contributed by atoms with Crippen molar-refractivity contribution in [3.63, 3.8) is 0 Å². The number of methoxy groups -OCH3 is 2. The molecule has 0 atom stereocenters. The second kappa shape index (κ2) is 8.36. The molecule has 6 aromatic rings. The smallest absolute Gasteiger partial charge is 0.453 e. The third kappa shape index (κ3) is 3.42. The number of ether oxygens (including phenoxy) is 2. The maximum Gasteiger partial charge on any atom is 0.453 e. The Bertz CT molecular complexity index is 1620. The average Bonchev–Trinajstić information content (AvgIpc) is 3.05. The van der Waals surface area contributed by atoms with Crippen molar-refractivity contribution in [1.82, 2.24) is 0 Å². The van der Waals surface area contributed by atoms with E-state index >= 15 is 0 Å². The zero-order valence-electron chi connectivity index (χ0n) is 18.6. The van der Waals surface area contributed by atoms with Gasteiger partial charge in [0.15, 0.2) is 11.5 Å². The molecule has 5 nitrogen and oxygen atoms in total. The Morgan fingerprint density at radius 1 is 0.588 bits per heavy atom. The molecule has 0 bridgehead atoms. The van der Waals surface area contributed by atoms with Gasteiger partial charge in [-0.25, -0.2) is 0 Å². The first-order chi connectivity index (χ1) is 16.7. The summed E-state index contributed by atoms with van der Waals surface area (Å²) in [5.41, 5.74) is 1.45. The molecule has 0 N–H and O–H groups in total. The Hall–Kier alpha value is -4.08. The van der Waals surface area contributed by atoms with E-state index in [1.807, 2.05) is 42.5 Å². The minimum absolute atomic E-state index is 0.565. The molecule has 1 heterocycles. The molecule has 0 aliphatic carbocycles. The lowest BCUT2D eigenvalue weighted by Crippen LogP contribution is -1.90. The molecule has 0 spiro atoms. The van der Waals surface area contributed by atoms with Crippen LogP contribution in [0.5, 0.6) is 17.2 Å². The van der Waals surface area contributed by atoms with Crippen molar-refractivity contribution in [2.75, 3.05) is 14.2 Å². The molecule has 168 valence electrons. The molecular weight excluding hydrogens is 447 g/mol. The van der Waals surface area contributed by atoms with E-state index in [4.69, 9.17) is 22.4 Å². The van der Waals surface area contributed by atoms with E-state index in [1.165, 1.54) is 0 Å². The summed E-state index contributed by atoms with van der Waals surface area (Å²) in [5, 5.41) is 6.48. The van der Waals surface area contributed by atoms with E-state index < -0.39 is 8.24 Å². The van der Waals surface area contributed by atoms with Gasteiger partial charge in [-0.1, -0.05) is 60.7 Å². The van der Waals surface area contributed by atoms with Crippen molar-refractivity contribution in [2.45, 2.75) is 0 Å². The standard InChI is InChI=1S/C28H21O5P/c1-29-23-16-13-20(17-26(23)30-2)31-34-32-24-14-11-18-7-3-5-9-21(18)27(24)28-22-10-6-4-8-19(22)12-15-25(28)33-34/h3-17H,1-2H3. The summed E-state index contributed by atoms with van der Waals surface area (Å²) in [4.78, 5) is 0. The highest BCUT2D eigenvalue weighted by molar-refractivity contribution is 7.32. The quantitative estimate of drug-likeness (QED) is 0.260. The van der Waals surface area contributed by atoms with Gasteiger partial charge in [0.05, 0.1) is 14.2 Å². The Morgan fingerprint density at radius 3 is 1.71 bits per heavy atom. The number of benzene rings is 5. The number of hydrogen-bond acceptors (Lipinski definition) is 5. The van der Waals surface area contributed by atoms with E-state index in [2.05, 4.69) is 36.4 Å². The highest BCUT2D eigenvalue weighted by Crippen LogP contribution is 2.42. The summed E-state index contributed by atoms with van der Waals surface area (Å²) in [6.45, 7) is 0. The first-order valence-electron chi connectivity index (χ1n) is 10.8. The van der Waals surface area contributed by atoms with Crippen molar-refractivity contribution in [3.05, 3.63) is 91.0 Å². The van der Waals surface area contributed by atoms with Gasteiger partial charge in [-0.2, -0.15) is 0 Å². The van der Waals surface area contributed by atoms with Crippen LogP contribution >= 0.6 is 8.24 Å². The van der Waals surface area contributed by atoms with Crippen molar-refractivity contribution >= 4 is 51.7 Å².